The molecule has 0 radical (unpaired) electrons. The predicted octanol–water partition coefficient (Wildman–Crippen LogP) is 1.15. The first-order valence-electron chi connectivity index (χ1n) is 5.49. The Balaban J connectivity index is 3.45. The molecule has 86 valence electrons. The maximum absolute atomic E-state index is 11.3. The van der Waals surface area contributed by atoms with Gasteiger partial charge in [-0.2, -0.15) is 0 Å². The fourth-order valence-electron chi connectivity index (χ4n) is 1.08. The number of carbonyl (C=O) groups is 1. The van der Waals surface area contributed by atoms with Gasteiger partial charge < -0.3 is 10.6 Å². The monoisotopic (exact) mass is 210 g/mol. The van der Waals surface area contributed by atoms with E-state index in [9.17, 15) is 4.79 Å². The first kappa shape index (κ1) is 14.0. The van der Waals surface area contributed by atoms with Crippen molar-refractivity contribution in [2.75, 3.05) is 13.1 Å². The minimum Gasteiger partial charge on any atom is -0.355 e. The van der Waals surface area contributed by atoms with Crippen molar-refractivity contribution in [2.45, 2.75) is 39.7 Å². The molecule has 0 rings (SSSR count). The summed E-state index contributed by atoms with van der Waals surface area (Å²) in [5.41, 5.74) is 0. The Hall–Kier alpha value is -1.01. The quantitative estimate of drug-likeness (QED) is 0.619. The zero-order chi connectivity index (χ0) is 11.7. The number of hydrogen-bond acceptors (Lipinski definition) is 2. The van der Waals surface area contributed by atoms with Crippen LogP contribution in [0.5, 0.6) is 0 Å². The molecule has 1 atom stereocenters. The summed E-state index contributed by atoms with van der Waals surface area (Å²) in [5, 5.41) is 5.93. The summed E-state index contributed by atoms with van der Waals surface area (Å²) in [6.07, 6.45) is 6.83. The van der Waals surface area contributed by atoms with Crippen LogP contribution in [0, 0.1) is 18.3 Å². The average molecular weight is 210 g/mol. The molecular formula is C12H22N2O. The van der Waals surface area contributed by atoms with E-state index in [4.69, 9.17) is 6.42 Å². The predicted molar refractivity (Wildman–Crippen MR) is 63.4 cm³/mol. The van der Waals surface area contributed by atoms with Crippen LogP contribution in [0.15, 0.2) is 0 Å². The van der Waals surface area contributed by atoms with Crippen molar-refractivity contribution >= 4 is 5.91 Å². The number of amides is 1. The zero-order valence-electron chi connectivity index (χ0n) is 9.97. The Morgan fingerprint density at radius 1 is 1.40 bits per heavy atom. The lowest BCUT2D eigenvalue weighted by molar-refractivity contribution is -0.120. The van der Waals surface area contributed by atoms with Crippen LogP contribution in [-0.4, -0.2) is 25.0 Å². The van der Waals surface area contributed by atoms with Crippen LogP contribution in [0.4, 0.5) is 0 Å². The zero-order valence-corrected chi connectivity index (χ0v) is 9.97. The highest BCUT2D eigenvalue weighted by atomic mass is 16.1. The molecule has 0 aromatic heterocycles. The summed E-state index contributed by atoms with van der Waals surface area (Å²) in [6, 6.07) is 0.200. The van der Waals surface area contributed by atoms with Crippen molar-refractivity contribution in [2.24, 2.45) is 5.92 Å². The molecule has 0 saturated carbocycles. The fraction of sp³-hybridized carbons (Fsp3) is 0.750. The second-order valence-corrected chi connectivity index (χ2v) is 4.22. The van der Waals surface area contributed by atoms with E-state index < -0.39 is 0 Å². The molecule has 1 unspecified atom stereocenters. The largest absolute Gasteiger partial charge is 0.355 e. The molecule has 1 amide bonds. The van der Waals surface area contributed by atoms with Crippen molar-refractivity contribution in [1.82, 2.24) is 10.6 Å². The molecule has 0 aliphatic heterocycles. The number of nitrogens with one attached hydrogen (secondary N) is 2. The number of rotatable bonds is 7. The topological polar surface area (TPSA) is 41.1 Å². The molecule has 0 aliphatic rings. The lowest BCUT2D eigenvalue weighted by Gasteiger charge is -2.11. The maximum Gasteiger partial charge on any atom is 0.233 e. The van der Waals surface area contributed by atoms with Gasteiger partial charge in [0.25, 0.3) is 0 Å². The molecule has 0 heterocycles. The van der Waals surface area contributed by atoms with E-state index in [0.717, 1.165) is 13.0 Å². The standard InChI is InChI=1S/C12H22N2O/c1-5-6-11(4)14-9-12(15)13-8-7-10(2)3/h1,10-11,14H,6-9H2,2-4H3,(H,13,15). The molecule has 15 heavy (non-hydrogen) atoms. The van der Waals surface area contributed by atoms with Gasteiger partial charge in [0.15, 0.2) is 0 Å². The molecule has 0 aromatic rings. The molecule has 3 nitrogen and oxygen atoms in total. The van der Waals surface area contributed by atoms with E-state index in [1.807, 2.05) is 6.92 Å². The summed E-state index contributed by atoms with van der Waals surface area (Å²) in [7, 11) is 0. The van der Waals surface area contributed by atoms with Gasteiger partial charge in [-0.05, 0) is 19.3 Å². The van der Waals surface area contributed by atoms with Gasteiger partial charge in [-0.1, -0.05) is 13.8 Å². The molecule has 0 saturated heterocycles. The lowest BCUT2D eigenvalue weighted by atomic mass is 10.1. The summed E-state index contributed by atoms with van der Waals surface area (Å²) in [4.78, 5) is 11.3. The number of terminal acetylenes is 1. The number of carbonyl (C=O) groups excluding carboxylic acids is 1. The minimum absolute atomic E-state index is 0.0412. The van der Waals surface area contributed by atoms with Crippen LogP contribution in [0.3, 0.4) is 0 Å². The highest BCUT2D eigenvalue weighted by Crippen LogP contribution is 1.95. The Labute approximate surface area is 93.0 Å². The molecule has 0 aliphatic carbocycles. The van der Waals surface area contributed by atoms with Crippen LogP contribution in [0.2, 0.25) is 0 Å². The van der Waals surface area contributed by atoms with Gasteiger partial charge in [-0.25, -0.2) is 0 Å². The third-order valence-electron chi connectivity index (χ3n) is 2.08. The Bertz CT molecular complexity index is 218. The van der Waals surface area contributed by atoms with Crippen molar-refractivity contribution in [1.29, 1.82) is 0 Å². The van der Waals surface area contributed by atoms with Crippen LogP contribution in [0.25, 0.3) is 0 Å². The van der Waals surface area contributed by atoms with E-state index in [0.29, 0.717) is 18.9 Å². The normalized spacial score (nSPS) is 12.2. The van der Waals surface area contributed by atoms with Crippen molar-refractivity contribution in [3.63, 3.8) is 0 Å². The summed E-state index contributed by atoms with van der Waals surface area (Å²) in [6.45, 7) is 7.35. The molecule has 3 heteroatoms. The van der Waals surface area contributed by atoms with Gasteiger partial charge >= 0.3 is 0 Å². The van der Waals surface area contributed by atoms with Crippen LogP contribution in [-0.2, 0) is 4.79 Å². The van der Waals surface area contributed by atoms with Crippen molar-refractivity contribution in [3.05, 3.63) is 0 Å². The van der Waals surface area contributed by atoms with E-state index in [1.165, 1.54) is 0 Å². The van der Waals surface area contributed by atoms with Crippen molar-refractivity contribution in [3.8, 4) is 12.3 Å². The second kappa shape index (κ2) is 8.31. The number of hydrogen-bond donors (Lipinski definition) is 2. The van der Waals surface area contributed by atoms with Gasteiger partial charge in [0.05, 0.1) is 6.54 Å². The second-order valence-electron chi connectivity index (χ2n) is 4.22. The fourth-order valence-corrected chi connectivity index (χ4v) is 1.08. The van der Waals surface area contributed by atoms with E-state index in [2.05, 4.69) is 30.4 Å². The Morgan fingerprint density at radius 3 is 2.60 bits per heavy atom. The van der Waals surface area contributed by atoms with Gasteiger partial charge in [0.2, 0.25) is 5.91 Å². The first-order valence-corrected chi connectivity index (χ1v) is 5.49. The van der Waals surface area contributed by atoms with Gasteiger partial charge in [-0.15, -0.1) is 12.3 Å². The highest BCUT2D eigenvalue weighted by Gasteiger charge is 2.03. The Kier molecular flexibility index (Phi) is 7.75. The molecular weight excluding hydrogens is 188 g/mol. The van der Waals surface area contributed by atoms with Gasteiger partial charge in [0, 0.05) is 19.0 Å². The minimum atomic E-state index is 0.0412. The lowest BCUT2D eigenvalue weighted by Crippen LogP contribution is -2.38. The molecule has 0 aromatic carbocycles. The highest BCUT2D eigenvalue weighted by molar-refractivity contribution is 5.77. The van der Waals surface area contributed by atoms with Gasteiger partial charge in [-0.3, -0.25) is 4.79 Å². The summed E-state index contributed by atoms with van der Waals surface area (Å²) >= 11 is 0. The van der Waals surface area contributed by atoms with Gasteiger partial charge in [0.1, 0.15) is 0 Å². The van der Waals surface area contributed by atoms with Crippen LogP contribution in [0.1, 0.15) is 33.6 Å². The summed E-state index contributed by atoms with van der Waals surface area (Å²) in [5.74, 6) is 3.22. The maximum atomic E-state index is 11.3. The first-order chi connectivity index (χ1) is 7.06. The van der Waals surface area contributed by atoms with E-state index in [-0.39, 0.29) is 11.9 Å². The summed E-state index contributed by atoms with van der Waals surface area (Å²) < 4.78 is 0. The average Bonchev–Trinajstić information content (AvgIpc) is 2.14. The third-order valence-corrected chi connectivity index (χ3v) is 2.08. The SMILES string of the molecule is C#CCC(C)NCC(=O)NCCC(C)C. The van der Waals surface area contributed by atoms with E-state index in [1.54, 1.807) is 0 Å². The molecule has 0 bridgehead atoms. The van der Waals surface area contributed by atoms with Crippen LogP contribution >= 0.6 is 0 Å². The van der Waals surface area contributed by atoms with E-state index >= 15 is 0 Å². The molecule has 0 fully saturated rings. The van der Waals surface area contributed by atoms with Crippen LogP contribution < -0.4 is 10.6 Å². The Morgan fingerprint density at radius 2 is 2.07 bits per heavy atom. The molecule has 2 N–H and O–H groups in total. The third kappa shape index (κ3) is 9.30. The smallest absolute Gasteiger partial charge is 0.233 e. The van der Waals surface area contributed by atoms with Crippen molar-refractivity contribution < 1.29 is 4.79 Å². The molecule has 0 spiro atoms.